The summed E-state index contributed by atoms with van der Waals surface area (Å²) in [5.74, 6) is 1.47. The highest BCUT2D eigenvalue weighted by Gasteiger charge is 2.28. The number of aromatic nitrogens is 4. The fourth-order valence-corrected chi connectivity index (χ4v) is 2.86. The number of hydrogen-bond donors (Lipinski definition) is 0. The molecule has 0 unspecified atom stereocenters. The molecule has 0 aromatic carbocycles. The van der Waals surface area contributed by atoms with Crippen molar-refractivity contribution in [3.63, 3.8) is 0 Å². The van der Waals surface area contributed by atoms with Crippen LogP contribution in [0.25, 0.3) is 5.82 Å². The maximum Gasteiger partial charge on any atom is 0.333 e. The number of anilines is 1. The lowest BCUT2D eigenvalue weighted by atomic mass is 10.2. The monoisotopic (exact) mass is 332 g/mol. The Kier molecular flexibility index (Phi) is 4.43. The Morgan fingerprint density at radius 3 is 2.92 bits per heavy atom. The number of morpholine rings is 1. The Bertz CT molecular complexity index is 760. The maximum atomic E-state index is 11.5. The molecule has 3 rings (SSSR count). The summed E-state index contributed by atoms with van der Waals surface area (Å²) in [7, 11) is 0. The van der Waals surface area contributed by atoms with Gasteiger partial charge in [-0.25, -0.2) is 9.97 Å². The summed E-state index contributed by atoms with van der Waals surface area (Å²) in [5.41, 5.74) is 0.252. The minimum atomic E-state index is -0.434. The van der Waals surface area contributed by atoms with Crippen molar-refractivity contribution in [3.8, 4) is 5.82 Å². The third-order valence-corrected chi connectivity index (χ3v) is 4.10. The number of imidazole rings is 1. The summed E-state index contributed by atoms with van der Waals surface area (Å²) in [6.07, 6.45) is 3.97. The lowest BCUT2D eigenvalue weighted by molar-refractivity contribution is -0.385. The maximum absolute atomic E-state index is 11.5. The predicted molar refractivity (Wildman–Crippen MR) is 87.6 cm³/mol. The SMILES string of the molecule is CCc1nccn1-c1nc(N2CCOC[C@@H]2C)nc(C)c1[N+](=O)[O-]. The molecule has 0 N–H and O–H groups in total. The minimum Gasteiger partial charge on any atom is -0.377 e. The van der Waals surface area contributed by atoms with E-state index in [0.29, 0.717) is 37.8 Å². The summed E-state index contributed by atoms with van der Waals surface area (Å²) >= 11 is 0. The van der Waals surface area contributed by atoms with Gasteiger partial charge in [-0.15, -0.1) is 0 Å². The number of hydrogen-bond acceptors (Lipinski definition) is 7. The normalized spacial score (nSPS) is 18.0. The third-order valence-electron chi connectivity index (χ3n) is 4.10. The first-order chi connectivity index (χ1) is 11.5. The van der Waals surface area contributed by atoms with Gasteiger partial charge in [0.1, 0.15) is 11.5 Å². The van der Waals surface area contributed by atoms with Crippen LogP contribution in [-0.4, -0.2) is 50.2 Å². The van der Waals surface area contributed by atoms with E-state index in [0.717, 1.165) is 5.82 Å². The van der Waals surface area contributed by atoms with Gasteiger partial charge >= 0.3 is 5.69 Å². The molecule has 0 spiro atoms. The third kappa shape index (κ3) is 2.82. The summed E-state index contributed by atoms with van der Waals surface area (Å²) < 4.78 is 7.11. The van der Waals surface area contributed by atoms with Crippen LogP contribution in [0.2, 0.25) is 0 Å². The molecule has 24 heavy (non-hydrogen) atoms. The van der Waals surface area contributed by atoms with Gasteiger partial charge in [-0.1, -0.05) is 6.92 Å². The molecule has 9 heteroatoms. The number of nitrogens with zero attached hydrogens (tertiary/aromatic N) is 6. The van der Waals surface area contributed by atoms with Gasteiger partial charge < -0.3 is 9.64 Å². The van der Waals surface area contributed by atoms with Crippen LogP contribution in [0.1, 0.15) is 25.4 Å². The summed E-state index contributed by atoms with van der Waals surface area (Å²) in [6.45, 7) is 7.44. The van der Waals surface area contributed by atoms with E-state index in [1.165, 1.54) is 0 Å². The first-order valence-corrected chi connectivity index (χ1v) is 7.93. The largest absolute Gasteiger partial charge is 0.377 e. The van der Waals surface area contributed by atoms with Crippen molar-refractivity contribution in [2.24, 2.45) is 0 Å². The van der Waals surface area contributed by atoms with E-state index in [-0.39, 0.29) is 17.5 Å². The van der Waals surface area contributed by atoms with Crippen LogP contribution in [0.4, 0.5) is 11.6 Å². The highest BCUT2D eigenvalue weighted by molar-refractivity contribution is 5.55. The average Bonchev–Trinajstić information content (AvgIpc) is 3.02. The van der Waals surface area contributed by atoms with Crippen molar-refractivity contribution < 1.29 is 9.66 Å². The Balaban J connectivity index is 2.16. The van der Waals surface area contributed by atoms with Gasteiger partial charge in [0, 0.05) is 25.4 Å². The van der Waals surface area contributed by atoms with E-state index < -0.39 is 4.92 Å². The molecular formula is C15H20N6O3. The van der Waals surface area contributed by atoms with Gasteiger partial charge in [-0.2, -0.15) is 4.98 Å². The highest BCUT2D eigenvalue weighted by Crippen LogP contribution is 2.28. The topological polar surface area (TPSA) is 99.2 Å². The minimum absolute atomic E-state index is 0.0904. The van der Waals surface area contributed by atoms with Crippen molar-refractivity contribution in [2.75, 3.05) is 24.7 Å². The smallest absolute Gasteiger partial charge is 0.333 e. The molecule has 2 aromatic rings. The molecule has 9 nitrogen and oxygen atoms in total. The number of ether oxygens (including phenoxy) is 1. The number of aryl methyl sites for hydroxylation is 2. The van der Waals surface area contributed by atoms with E-state index in [4.69, 9.17) is 4.74 Å². The molecule has 0 bridgehead atoms. The van der Waals surface area contributed by atoms with Crippen LogP contribution in [0, 0.1) is 17.0 Å². The fraction of sp³-hybridized carbons (Fsp3) is 0.533. The van der Waals surface area contributed by atoms with E-state index >= 15 is 0 Å². The average molecular weight is 332 g/mol. The first kappa shape index (κ1) is 16.3. The second-order valence-corrected chi connectivity index (χ2v) is 5.72. The quantitative estimate of drug-likeness (QED) is 0.620. The van der Waals surface area contributed by atoms with Crippen molar-refractivity contribution in [1.29, 1.82) is 0 Å². The second kappa shape index (κ2) is 6.52. The second-order valence-electron chi connectivity index (χ2n) is 5.72. The van der Waals surface area contributed by atoms with Crippen LogP contribution in [0.5, 0.6) is 0 Å². The zero-order valence-corrected chi connectivity index (χ0v) is 14.0. The summed E-state index contributed by atoms with van der Waals surface area (Å²) in [5, 5.41) is 11.5. The Morgan fingerprint density at radius 2 is 2.25 bits per heavy atom. The molecule has 1 aliphatic heterocycles. The molecule has 2 aromatic heterocycles. The van der Waals surface area contributed by atoms with Gasteiger partial charge in [0.25, 0.3) is 0 Å². The van der Waals surface area contributed by atoms with Crippen molar-refractivity contribution >= 4 is 11.6 Å². The highest BCUT2D eigenvalue weighted by atomic mass is 16.6. The molecule has 3 heterocycles. The lowest BCUT2D eigenvalue weighted by Crippen LogP contribution is -2.44. The van der Waals surface area contributed by atoms with Crippen molar-refractivity contribution in [2.45, 2.75) is 33.2 Å². The van der Waals surface area contributed by atoms with Gasteiger partial charge in [-0.05, 0) is 13.8 Å². The van der Waals surface area contributed by atoms with Gasteiger partial charge in [0.05, 0.1) is 24.2 Å². The number of rotatable bonds is 4. The van der Waals surface area contributed by atoms with Crippen molar-refractivity contribution in [3.05, 3.63) is 34.0 Å². The predicted octanol–water partition coefficient (Wildman–Crippen LogP) is 1.67. The van der Waals surface area contributed by atoms with Gasteiger partial charge in [-0.3, -0.25) is 14.7 Å². The molecule has 1 fully saturated rings. The molecule has 128 valence electrons. The summed E-state index contributed by atoms with van der Waals surface area (Å²) in [4.78, 5) is 26.3. The van der Waals surface area contributed by atoms with E-state index in [2.05, 4.69) is 15.0 Å². The molecule has 1 atom stereocenters. The van der Waals surface area contributed by atoms with Crippen molar-refractivity contribution in [1.82, 2.24) is 19.5 Å². The fourth-order valence-electron chi connectivity index (χ4n) is 2.86. The van der Waals surface area contributed by atoms with Crippen LogP contribution in [0.15, 0.2) is 12.4 Å². The molecule has 0 saturated carbocycles. The Hall–Kier alpha value is -2.55. The first-order valence-electron chi connectivity index (χ1n) is 7.93. The molecule has 0 radical (unpaired) electrons. The number of nitro groups is 1. The zero-order valence-electron chi connectivity index (χ0n) is 14.0. The van der Waals surface area contributed by atoms with E-state index in [1.54, 1.807) is 23.9 Å². The molecule has 1 aliphatic rings. The van der Waals surface area contributed by atoms with Crippen LogP contribution < -0.4 is 4.90 Å². The van der Waals surface area contributed by atoms with Crippen LogP contribution >= 0.6 is 0 Å². The van der Waals surface area contributed by atoms with E-state index in [1.807, 2.05) is 18.7 Å². The Morgan fingerprint density at radius 1 is 1.46 bits per heavy atom. The van der Waals surface area contributed by atoms with Crippen LogP contribution in [-0.2, 0) is 11.2 Å². The van der Waals surface area contributed by atoms with Gasteiger partial charge in [0.2, 0.25) is 11.8 Å². The molecule has 1 saturated heterocycles. The summed E-state index contributed by atoms with van der Waals surface area (Å²) in [6, 6.07) is 0.112. The lowest BCUT2D eigenvalue weighted by Gasteiger charge is -2.33. The molecular weight excluding hydrogens is 312 g/mol. The van der Waals surface area contributed by atoms with Crippen LogP contribution in [0.3, 0.4) is 0 Å². The van der Waals surface area contributed by atoms with E-state index in [9.17, 15) is 10.1 Å². The van der Waals surface area contributed by atoms with Gasteiger partial charge in [0.15, 0.2) is 0 Å². The zero-order chi connectivity index (χ0) is 17.3. The standard InChI is InChI=1S/C15H20N6O3/c1-4-12-16-5-6-20(12)14-13(21(22)23)11(3)17-15(18-14)19-7-8-24-9-10(19)2/h5-6,10H,4,7-9H2,1-3H3/t10-/m0/s1. The Labute approximate surface area is 139 Å². The molecule has 0 amide bonds. The molecule has 0 aliphatic carbocycles.